The molecule has 1 fully saturated rings. The lowest BCUT2D eigenvalue weighted by atomic mass is 9.94. The lowest BCUT2D eigenvalue weighted by molar-refractivity contribution is -0.153. The number of hydrogen-bond donors (Lipinski definition) is 1. The van der Waals surface area contributed by atoms with E-state index in [1.807, 2.05) is 0 Å². The Labute approximate surface area is 83.8 Å². The number of carbonyl (C=O) groups excluding carboxylic acids is 2. The van der Waals surface area contributed by atoms with E-state index in [4.69, 9.17) is 5.21 Å². The van der Waals surface area contributed by atoms with Crippen molar-refractivity contribution in [1.82, 2.24) is 5.06 Å². The van der Waals surface area contributed by atoms with Crippen LogP contribution >= 0.6 is 0 Å². The van der Waals surface area contributed by atoms with E-state index in [1.54, 1.807) is 0 Å². The van der Waals surface area contributed by atoms with Gasteiger partial charge in [-0.2, -0.15) is 0 Å². The summed E-state index contributed by atoms with van der Waals surface area (Å²) in [6, 6.07) is 0. The van der Waals surface area contributed by atoms with Crippen LogP contribution in [0.1, 0.15) is 32.1 Å². The van der Waals surface area contributed by atoms with E-state index >= 15 is 0 Å². The van der Waals surface area contributed by atoms with E-state index in [0.29, 0.717) is 17.4 Å². The molecule has 1 atom stereocenters. The van der Waals surface area contributed by atoms with E-state index in [9.17, 15) is 9.59 Å². The van der Waals surface area contributed by atoms with Crippen LogP contribution in [0.15, 0.2) is 0 Å². The molecule has 4 nitrogen and oxygen atoms in total. The second-order valence-corrected chi connectivity index (χ2v) is 4.01. The standard InChI is InChI=1S/C10H17NO3/c12-7-10(6-11(14)8-13)5-9-3-1-2-4-9/h7-10,14H,1-6H2. The zero-order valence-electron chi connectivity index (χ0n) is 8.26. The van der Waals surface area contributed by atoms with Gasteiger partial charge in [-0.05, 0) is 12.3 Å². The predicted molar refractivity (Wildman–Crippen MR) is 50.7 cm³/mol. The van der Waals surface area contributed by atoms with Crippen LogP contribution in [0.5, 0.6) is 0 Å². The predicted octanol–water partition coefficient (Wildman–Crippen LogP) is 1.23. The summed E-state index contributed by atoms with van der Waals surface area (Å²) >= 11 is 0. The first kappa shape index (κ1) is 11.2. The van der Waals surface area contributed by atoms with Gasteiger partial charge in [-0.1, -0.05) is 25.7 Å². The highest BCUT2D eigenvalue weighted by Gasteiger charge is 2.20. The normalized spacial score (nSPS) is 19.2. The number of hydrogen-bond acceptors (Lipinski definition) is 3. The molecule has 0 aromatic carbocycles. The Hall–Kier alpha value is -0.900. The molecule has 0 aromatic heterocycles. The van der Waals surface area contributed by atoms with Crippen LogP contribution in [0.2, 0.25) is 0 Å². The summed E-state index contributed by atoms with van der Waals surface area (Å²) < 4.78 is 0. The first-order valence-corrected chi connectivity index (χ1v) is 5.12. The molecular weight excluding hydrogens is 182 g/mol. The minimum atomic E-state index is -0.215. The molecule has 1 rings (SSSR count). The van der Waals surface area contributed by atoms with Crippen molar-refractivity contribution >= 4 is 12.7 Å². The van der Waals surface area contributed by atoms with Gasteiger partial charge in [0.15, 0.2) is 0 Å². The lowest BCUT2D eigenvalue weighted by Gasteiger charge is -2.17. The molecule has 0 saturated heterocycles. The van der Waals surface area contributed by atoms with E-state index in [-0.39, 0.29) is 12.5 Å². The molecule has 1 saturated carbocycles. The summed E-state index contributed by atoms with van der Waals surface area (Å²) in [5.41, 5.74) is 0. The van der Waals surface area contributed by atoms with Crippen molar-refractivity contribution < 1.29 is 14.8 Å². The van der Waals surface area contributed by atoms with Crippen molar-refractivity contribution in [1.29, 1.82) is 0 Å². The van der Waals surface area contributed by atoms with Gasteiger partial charge in [0.05, 0.1) is 6.54 Å². The first-order valence-electron chi connectivity index (χ1n) is 5.12. The maximum absolute atomic E-state index is 10.7. The Morgan fingerprint density at radius 3 is 2.50 bits per heavy atom. The Morgan fingerprint density at radius 2 is 2.00 bits per heavy atom. The van der Waals surface area contributed by atoms with Crippen LogP contribution < -0.4 is 0 Å². The van der Waals surface area contributed by atoms with Gasteiger partial charge in [0.25, 0.3) is 0 Å². The van der Waals surface area contributed by atoms with E-state index in [1.165, 1.54) is 25.7 Å². The number of rotatable bonds is 6. The van der Waals surface area contributed by atoms with Crippen molar-refractivity contribution in [3.8, 4) is 0 Å². The minimum Gasteiger partial charge on any atom is -0.303 e. The third-order valence-corrected chi connectivity index (χ3v) is 2.85. The van der Waals surface area contributed by atoms with Crippen LogP contribution in [0.3, 0.4) is 0 Å². The van der Waals surface area contributed by atoms with Crippen LogP contribution in [0.25, 0.3) is 0 Å². The average Bonchev–Trinajstić information content (AvgIpc) is 2.69. The van der Waals surface area contributed by atoms with E-state index in [2.05, 4.69) is 0 Å². The number of aldehydes is 1. The second-order valence-electron chi connectivity index (χ2n) is 4.01. The van der Waals surface area contributed by atoms with Gasteiger partial charge in [-0.25, -0.2) is 5.06 Å². The molecule has 0 aliphatic heterocycles. The highest BCUT2D eigenvalue weighted by molar-refractivity contribution is 5.55. The van der Waals surface area contributed by atoms with Crippen LogP contribution in [-0.4, -0.2) is 29.5 Å². The first-order chi connectivity index (χ1) is 6.76. The fraction of sp³-hybridized carbons (Fsp3) is 0.800. The van der Waals surface area contributed by atoms with Crippen molar-refractivity contribution in [3.05, 3.63) is 0 Å². The maximum atomic E-state index is 10.7. The van der Waals surface area contributed by atoms with Gasteiger partial charge in [-0.15, -0.1) is 0 Å². The summed E-state index contributed by atoms with van der Waals surface area (Å²) in [6.07, 6.45) is 6.82. The summed E-state index contributed by atoms with van der Waals surface area (Å²) in [5.74, 6) is 0.388. The molecule has 0 heterocycles. The Bertz CT molecular complexity index is 190. The zero-order valence-corrected chi connectivity index (χ0v) is 8.26. The number of carbonyl (C=O) groups is 2. The molecule has 0 radical (unpaired) electrons. The SMILES string of the molecule is O=CC(CC1CCCC1)CN(O)C=O. The monoisotopic (exact) mass is 199 g/mol. The Balaban J connectivity index is 2.29. The van der Waals surface area contributed by atoms with Gasteiger partial charge < -0.3 is 4.79 Å². The number of hydroxylamine groups is 2. The van der Waals surface area contributed by atoms with Crippen LogP contribution in [0.4, 0.5) is 0 Å². The highest BCUT2D eigenvalue weighted by Crippen LogP contribution is 2.29. The minimum absolute atomic E-state index is 0.128. The second kappa shape index (κ2) is 5.75. The molecule has 0 spiro atoms. The Kier molecular flexibility index (Phi) is 4.59. The molecule has 1 amide bonds. The van der Waals surface area contributed by atoms with Gasteiger partial charge in [0.2, 0.25) is 6.41 Å². The molecule has 0 aromatic rings. The van der Waals surface area contributed by atoms with Crippen LogP contribution in [0, 0.1) is 11.8 Å². The number of nitrogens with zero attached hydrogens (tertiary/aromatic N) is 1. The van der Waals surface area contributed by atoms with Gasteiger partial charge >= 0.3 is 0 Å². The number of amides is 1. The van der Waals surface area contributed by atoms with Gasteiger partial charge in [-0.3, -0.25) is 10.0 Å². The molecule has 1 aliphatic rings. The molecule has 80 valence electrons. The Morgan fingerprint density at radius 1 is 1.36 bits per heavy atom. The zero-order chi connectivity index (χ0) is 10.4. The third kappa shape index (κ3) is 3.46. The lowest BCUT2D eigenvalue weighted by Crippen LogP contribution is -2.27. The van der Waals surface area contributed by atoms with E-state index < -0.39 is 0 Å². The molecule has 0 bridgehead atoms. The van der Waals surface area contributed by atoms with E-state index in [0.717, 1.165) is 12.7 Å². The highest BCUT2D eigenvalue weighted by atomic mass is 16.5. The summed E-state index contributed by atoms with van der Waals surface area (Å²) in [4.78, 5) is 20.8. The summed E-state index contributed by atoms with van der Waals surface area (Å²) in [7, 11) is 0. The largest absolute Gasteiger partial charge is 0.303 e. The molecule has 14 heavy (non-hydrogen) atoms. The summed E-state index contributed by atoms with van der Waals surface area (Å²) in [5, 5.41) is 9.49. The fourth-order valence-electron chi connectivity index (χ4n) is 2.13. The quantitative estimate of drug-likeness (QED) is 0.397. The van der Waals surface area contributed by atoms with Crippen molar-refractivity contribution in [3.63, 3.8) is 0 Å². The topological polar surface area (TPSA) is 57.6 Å². The molecule has 1 N–H and O–H groups in total. The average molecular weight is 199 g/mol. The van der Waals surface area contributed by atoms with Crippen molar-refractivity contribution in [2.45, 2.75) is 32.1 Å². The fourth-order valence-corrected chi connectivity index (χ4v) is 2.13. The third-order valence-electron chi connectivity index (χ3n) is 2.85. The van der Waals surface area contributed by atoms with Crippen LogP contribution in [-0.2, 0) is 9.59 Å². The molecule has 4 heteroatoms. The van der Waals surface area contributed by atoms with Gasteiger partial charge in [0, 0.05) is 5.92 Å². The van der Waals surface area contributed by atoms with Crippen molar-refractivity contribution in [2.75, 3.05) is 6.54 Å². The maximum Gasteiger partial charge on any atom is 0.233 e. The smallest absolute Gasteiger partial charge is 0.233 e. The summed E-state index contributed by atoms with van der Waals surface area (Å²) in [6.45, 7) is 0.128. The molecule has 1 aliphatic carbocycles. The molecule has 1 unspecified atom stereocenters. The van der Waals surface area contributed by atoms with Crippen molar-refractivity contribution in [2.24, 2.45) is 11.8 Å². The molecular formula is C10H17NO3. The van der Waals surface area contributed by atoms with Gasteiger partial charge in [0.1, 0.15) is 6.29 Å².